The fourth-order valence-corrected chi connectivity index (χ4v) is 2.57. The quantitative estimate of drug-likeness (QED) is 0.776. The summed E-state index contributed by atoms with van der Waals surface area (Å²) in [5, 5.41) is -0.219. The van der Waals surface area contributed by atoms with E-state index >= 15 is 0 Å². The molecule has 1 aliphatic carbocycles. The van der Waals surface area contributed by atoms with E-state index in [9.17, 15) is 0 Å². The van der Waals surface area contributed by atoms with E-state index < -0.39 is 43.8 Å². The summed E-state index contributed by atoms with van der Waals surface area (Å²) in [6.45, 7) is 4.63. The lowest BCUT2D eigenvalue weighted by Gasteiger charge is -2.32. The highest BCUT2D eigenvalue weighted by atomic mass is 32.1. The predicted octanol–water partition coefficient (Wildman–Crippen LogP) is 2.63. The summed E-state index contributed by atoms with van der Waals surface area (Å²) in [7, 11) is -1.03. The molecule has 0 radical (unpaired) electrons. The molecule has 0 spiro atoms. The van der Waals surface area contributed by atoms with Crippen LogP contribution in [-0.4, -0.2) is 23.3 Å². The Hall–Kier alpha value is -0.385. The van der Waals surface area contributed by atoms with E-state index in [-0.39, 0.29) is 15.5 Å². The van der Waals surface area contributed by atoms with Crippen LogP contribution in [0.15, 0.2) is 0 Å². The van der Waals surface area contributed by atoms with Crippen LogP contribution in [0.25, 0.3) is 0 Å². The number of thiazole rings is 1. The van der Waals surface area contributed by atoms with E-state index in [2.05, 4.69) is 4.98 Å². The van der Waals surface area contributed by atoms with E-state index in [0.29, 0.717) is 0 Å². The molecule has 0 amide bonds. The van der Waals surface area contributed by atoms with Crippen molar-refractivity contribution in [3.8, 4) is 0 Å². The molecule has 0 bridgehead atoms. The zero-order valence-electron chi connectivity index (χ0n) is 18.7. The van der Waals surface area contributed by atoms with Crippen molar-refractivity contribution in [1.29, 1.82) is 0 Å². The summed E-state index contributed by atoms with van der Waals surface area (Å²) in [5.41, 5.74) is -1.76. The summed E-state index contributed by atoms with van der Waals surface area (Å²) < 4.78 is 74.5. The van der Waals surface area contributed by atoms with Gasteiger partial charge < -0.3 is 9.31 Å². The summed E-state index contributed by atoms with van der Waals surface area (Å²) >= 11 is 0.771. The van der Waals surface area contributed by atoms with Crippen LogP contribution >= 0.6 is 11.3 Å². The van der Waals surface area contributed by atoms with E-state index in [1.165, 1.54) is 0 Å². The molecule has 0 atom stereocenters. The van der Waals surface area contributed by atoms with Gasteiger partial charge in [-0.1, -0.05) is 0 Å². The minimum atomic E-state index is -2.63. The second-order valence-corrected chi connectivity index (χ2v) is 6.48. The van der Waals surface area contributed by atoms with Gasteiger partial charge in [0.15, 0.2) is 0 Å². The molecule has 18 heavy (non-hydrogen) atoms. The molecule has 0 unspecified atom stereocenters. The van der Waals surface area contributed by atoms with Crippen LogP contribution in [0.2, 0.25) is 0 Å². The van der Waals surface area contributed by atoms with Gasteiger partial charge in [-0.3, -0.25) is 0 Å². The van der Waals surface area contributed by atoms with Crippen molar-refractivity contribution in [3.05, 3.63) is 10.7 Å². The van der Waals surface area contributed by atoms with E-state index in [1.54, 1.807) is 0 Å². The number of hydrogen-bond donors (Lipinski definition) is 0. The molecule has 5 heteroatoms. The first-order chi connectivity index (χ1) is 11.4. The largest absolute Gasteiger partial charge is 0.507 e. The summed E-state index contributed by atoms with van der Waals surface area (Å²) in [6.07, 6.45) is -4.92. The van der Waals surface area contributed by atoms with E-state index in [4.69, 9.17) is 20.3 Å². The van der Waals surface area contributed by atoms with Gasteiger partial charge in [0.1, 0.15) is 0 Å². The van der Waals surface area contributed by atoms with Crippen molar-refractivity contribution in [2.75, 3.05) is 0 Å². The highest BCUT2D eigenvalue weighted by Gasteiger charge is 2.53. The molecule has 3 rings (SSSR count). The standard InChI is InChI=1S/C13H20BNO2S/c1-8-10(18-11(15-8)9-6-7-9)14-16-12(2,3)13(4,5)17-14/h9H,6-7H2,1-5H3/i1D3,6D2,7D2,9D. The molecule has 2 aliphatic rings. The Morgan fingerprint density at radius 3 is 2.50 bits per heavy atom. The van der Waals surface area contributed by atoms with Crippen LogP contribution < -0.4 is 4.78 Å². The van der Waals surface area contributed by atoms with E-state index in [0.717, 1.165) is 11.3 Å². The molecular weight excluding hydrogens is 245 g/mol. The van der Waals surface area contributed by atoms with Crippen molar-refractivity contribution in [2.24, 2.45) is 0 Å². The molecular formula is C13H20BNO2S. The summed E-state index contributed by atoms with van der Waals surface area (Å²) in [6, 6.07) is 0. The monoisotopic (exact) mass is 273 g/mol. The van der Waals surface area contributed by atoms with Crippen LogP contribution in [0.5, 0.6) is 0 Å². The molecule has 98 valence electrons. The maximum atomic E-state index is 8.26. The minimum absolute atomic E-state index is 0.128. The van der Waals surface area contributed by atoms with Gasteiger partial charge >= 0.3 is 7.12 Å². The maximum Gasteiger partial charge on any atom is 0.507 e. The number of aromatic nitrogens is 1. The molecule has 1 aliphatic heterocycles. The molecule has 2 heterocycles. The van der Waals surface area contributed by atoms with Crippen LogP contribution in [0.3, 0.4) is 0 Å². The molecule has 3 nitrogen and oxygen atoms in total. The molecule has 1 saturated heterocycles. The van der Waals surface area contributed by atoms with E-state index in [1.807, 2.05) is 27.7 Å². The first-order valence-corrected chi connectivity index (χ1v) is 6.59. The third-order valence-corrected chi connectivity index (χ3v) is 4.68. The van der Waals surface area contributed by atoms with Crippen LogP contribution in [0, 0.1) is 6.85 Å². The number of rotatable bonds is 2. The van der Waals surface area contributed by atoms with Gasteiger partial charge in [-0.05, 0) is 47.3 Å². The maximum absolute atomic E-state index is 8.26. The zero-order chi connectivity index (χ0) is 20.1. The predicted molar refractivity (Wildman–Crippen MR) is 74.5 cm³/mol. The van der Waals surface area contributed by atoms with Gasteiger partial charge in [-0.2, -0.15) is 0 Å². The molecule has 1 aromatic heterocycles. The second kappa shape index (κ2) is 3.81. The normalized spacial score (nSPS) is 40.3. The molecule has 0 N–H and O–H groups in total. The fraction of sp³-hybridized carbons (Fsp3) is 0.769. The number of aryl methyl sites for hydroxylation is 1. The molecule has 1 aromatic rings. The Bertz CT molecular complexity index is 730. The fourth-order valence-electron chi connectivity index (χ4n) is 1.69. The van der Waals surface area contributed by atoms with Crippen molar-refractivity contribution in [2.45, 2.75) is 64.4 Å². The topological polar surface area (TPSA) is 31.4 Å². The zero-order valence-corrected chi connectivity index (χ0v) is 11.6. The lowest BCUT2D eigenvalue weighted by molar-refractivity contribution is 0.00578. The first-order valence-electron chi connectivity index (χ1n) is 9.77. The van der Waals surface area contributed by atoms with Crippen molar-refractivity contribution < 1.29 is 20.3 Å². The third kappa shape index (κ3) is 1.93. The van der Waals surface area contributed by atoms with Gasteiger partial charge in [0.25, 0.3) is 0 Å². The highest BCUT2D eigenvalue weighted by Crippen LogP contribution is 2.42. The Morgan fingerprint density at radius 2 is 2.00 bits per heavy atom. The molecule has 2 fully saturated rings. The van der Waals surface area contributed by atoms with Gasteiger partial charge in [0.05, 0.1) is 21.0 Å². The van der Waals surface area contributed by atoms with Crippen molar-refractivity contribution in [3.63, 3.8) is 0 Å². The van der Waals surface area contributed by atoms with Crippen molar-refractivity contribution in [1.82, 2.24) is 4.98 Å². The summed E-state index contributed by atoms with van der Waals surface area (Å²) in [5.74, 6) is -2.26. The second-order valence-electron chi connectivity index (χ2n) is 5.45. The highest BCUT2D eigenvalue weighted by molar-refractivity contribution is 7.22. The van der Waals surface area contributed by atoms with Gasteiger partial charge in [0, 0.05) is 22.6 Å². The van der Waals surface area contributed by atoms with Crippen LogP contribution in [-0.2, 0) is 9.31 Å². The summed E-state index contributed by atoms with van der Waals surface area (Å²) in [4.78, 5) is 3.98. The average molecular weight is 273 g/mol. The Labute approximate surface area is 124 Å². The van der Waals surface area contributed by atoms with Crippen LogP contribution in [0.1, 0.15) is 68.0 Å². The Kier molecular flexibility index (Phi) is 1.35. The third-order valence-electron chi connectivity index (χ3n) is 3.58. The van der Waals surface area contributed by atoms with Crippen molar-refractivity contribution >= 4 is 23.2 Å². The molecule has 1 saturated carbocycles. The lowest BCUT2D eigenvalue weighted by atomic mass is 9.86. The Balaban J connectivity index is 2.10. The van der Waals surface area contributed by atoms with Gasteiger partial charge in [-0.25, -0.2) is 4.98 Å². The molecule has 0 aromatic carbocycles. The average Bonchev–Trinajstić information content (AvgIpc) is 2.84. The lowest BCUT2D eigenvalue weighted by Crippen LogP contribution is -2.41. The SMILES string of the molecule is [2H]C([2H])([2H])c1nc(C2([2H])C([2H])([2H])C2([2H])[2H])sc1B1OC(C)(C)C(C)(C)O1. The van der Waals surface area contributed by atoms with Crippen LogP contribution in [0.4, 0.5) is 0 Å². The van der Waals surface area contributed by atoms with Gasteiger partial charge in [0.2, 0.25) is 0 Å². The minimum Gasteiger partial charge on any atom is -0.399 e. The number of nitrogens with zero attached hydrogens (tertiary/aromatic N) is 1. The smallest absolute Gasteiger partial charge is 0.399 e. The number of hydrogen-bond acceptors (Lipinski definition) is 4. The Morgan fingerprint density at radius 1 is 1.39 bits per heavy atom. The van der Waals surface area contributed by atoms with Gasteiger partial charge in [-0.15, -0.1) is 11.3 Å². The first kappa shape index (κ1) is 6.38.